The summed E-state index contributed by atoms with van der Waals surface area (Å²) in [5.74, 6) is 1.70. The maximum absolute atomic E-state index is 5.63. The van der Waals surface area contributed by atoms with Crippen molar-refractivity contribution in [1.29, 1.82) is 0 Å². The molecule has 0 atom stereocenters. The molecule has 0 N–H and O–H groups in total. The zero-order valence-corrected chi connectivity index (χ0v) is 18.9. The lowest BCUT2D eigenvalue weighted by atomic mass is 9.85. The van der Waals surface area contributed by atoms with Gasteiger partial charge in [0.15, 0.2) is 12.7 Å². The van der Waals surface area contributed by atoms with Gasteiger partial charge in [-0.25, -0.2) is 4.52 Å². The van der Waals surface area contributed by atoms with Gasteiger partial charge in [0.2, 0.25) is 0 Å². The Hall–Kier alpha value is -3.02. The smallest absolute Gasteiger partial charge is 0.200 e. The molecule has 0 amide bonds. The summed E-state index contributed by atoms with van der Waals surface area (Å²) in [4.78, 5) is 0. The molecule has 4 heterocycles. The summed E-state index contributed by atoms with van der Waals surface area (Å²) in [5.41, 5.74) is 4.47. The van der Waals surface area contributed by atoms with Crippen LogP contribution in [0.4, 0.5) is 0 Å². The van der Waals surface area contributed by atoms with Gasteiger partial charge in [0.1, 0.15) is 22.5 Å². The Balaban J connectivity index is 1.84. The molecule has 4 aromatic rings. The van der Waals surface area contributed by atoms with Crippen molar-refractivity contribution >= 4 is 11.0 Å². The van der Waals surface area contributed by atoms with Crippen molar-refractivity contribution in [3.63, 3.8) is 0 Å². The Morgan fingerprint density at radius 1 is 1.00 bits per heavy atom. The molecule has 0 spiro atoms. The minimum Gasteiger partial charge on any atom is -0.497 e. The van der Waals surface area contributed by atoms with E-state index >= 15 is 0 Å². The Kier molecular flexibility index (Phi) is 4.76. The van der Waals surface area contributed by atoms with Crippen LogP contribution in [0, 0.1) is 0 Å². The highest BCUT2D eigenvalue weighted by molar-refractivity contribution is 5.66. The van der Waals surface area contributed by atoms with Crippen molar-refractivity contribution in [2.24, 2.45) is 0 Å². The summed E-state index contributed by atoms with van der Waals surface area (Å²) < 4.78 is 17.5. The Bertz CT molecular complexity index is 1210. The minimum absolute atomic E-state index is 0.0145. The normalized spacial score (nSPS) is 12.6. The molecule has 4 rings (SSSR count). The van der Waals surface area contributed by atoms with Crippen LogP contribution in [0.5, 0.6) is 11.5 Å². The molecule has 158 valence electrons. The third-order valence-electron chi connectivity index (χ3n) is 5.79. The third kappa shape index (κ3) is 3.30. The zero-order chi connectivity index (χ0) is 21.7. The van der Waals surface area contributed by atoms with Crippen molar-refractivity contribution in [3.8, 4) is 11.5 Å². The summed E-state index contributed by atoms with van der Waals surface area (Å²) in [6.45, 7) is 12.0. The van der Waals surface area contributed by atoms with Crippen LogP contribution in [0.2, 0.25) is 0 Å². The molecule has 0 aliphatic carbocycles. The number of hydrogen-bond donors (Lipinski definition) is 0. The number of nitrogens with zero attached hydrogens (tertiary/aromatic N) is 4. The summed E-state index contributed by atoms with van der Waals surface area (Å²) in [6, 6.07) is 8.05. The van der Waals surface area contributed by atoms with Crippen molar-refractivity contribution in [2.75, 3.05) is 14.2 Å². The molecule has 0 unspecified atom stereocenters. The summed E-state index contributed by atoms with van der Waals surface area (Å²) in [7, 11) is 3.42. The Morgan fingerprint density at radius 2 is 1.77 bits per heavy atom. The number of hydrogen-bond acceptors (Lipinski definition) is 3. The van der Waals surface area contributed by atoms with E-state index in [4.69, 9.17) is 9.47 Å². The zero-order valence-electron chi connectivity index (χ0n) is 18.9. The van der Waals surface area contributed by atoms with Gasteiger partial charge < -0.3 is 9.47 Å². The fraction of sp³-hybridized carbons (Fsp3) is 0.417. The topological polar surface area (TPSA) is 44.0 Å². The van der Waals surface area contributed by atoms with Crippen molar-refractivity contribution in [1.82, 2.24) is 14.1 Å². The fourth-order valence-corrected chi connectivity index (χ4v) is 4.16. The number of rotatable bonds is 5. The molecular weight excluding hydrogens is 376 g/mol. The lowest BCUT2D eigenvalue weighted by molar-refractivity contribution is -0.766. The van der Waals surface area contributed by atoms with E-state index in [1.807, 2.05) is 35.1 Å². The van der Waals surface area contributed by atoms with Crippen molar-refractivity contribution in [2.45, 2.75) is 52.0 Å². The van der Waals surface area contributed by atoms with Crippen LogP contribution >= 0.6 is 0 Å². The quantitative estimate of drug-likeness (QED) is 0.467. The molecule has 0 aliphatic heterocycles. The van der Waals surface area contributed by atoms with Crippen molar-refractivity contribution in [3.05, 3.63) is 60.2 Å². The highest BCUT2D eigenvalue weighted by Crippen LogP contribution is 2.33. The second-order valence-corrected chi connectivity index (χ2v) is 9.50. The summed E-state index contributed by atoms with van der Waals surface area (Å²) in [5, 5.41) is 4.57. The molecule has 0 saturated carbocycles. The molecule has 0 radical (unpaired) electrons. The molecule has 0 saturated heterocycles. The minimum atomic E-state index is -0.176. The largest absolute Gasteiger partial charge is 0.497 e. The van der Waals surface area contributed by atoms with Gasteiger partial charge >= 0.3 is 0 Å². The van der Waals surface area contributed by atoms with Crippen molar-refractivity contribution < 1.29 is 14.2 Å². The average molecular weight is 408 g/mol. The SMILES string of the molecule is COc1ccn2c(c1)c(C(C)(C)C)c[n+]2CC(C)(C)c1cnn2cccc(OC)c12. The van der Waals surface area contributed by atoms with Crippen LogP contribution in [-0.2, 0) is 17.4 Å². The second-order valence-electron chi connectivity index (χ2n) is 9.50. The van der Waals surface area contributed by atoms with Gasteiger partial charge in [-0.2, -0.15) is 5.10 Å². The predicted octanol–water partition coefficient (Wildman–Crippen LogP) is 4.17. The van der Waals surface area contributed by atoms with Crippen LogP contribution in [0.3, 0.4) is 0 Å². The Morgan fingerprint density at radius 3 is 2.43 bits per heavy atom. The number of pyridine rings is 2. The van der Waals surface area contributed by atoms with Gasteiger partial charge in [-0.15, -0.1) is 9.20 Å². The van der Waals surface area contributed by atoms with Gasteiger partial charge in [-0.1, -0.05) is 20.8 Å². The molecule has 0 bridgehead atoms. The molecule has 6 heteroatoms. The molecule has 0 fully saturated rings. The maximum Gasteiger partial charge on any atom is 0.200 e. The lowest BCUT2D eigenvalue weighted by Crippen LogP contribution is -2.47. The molecule has 30 heavy (non-hydrogen) atoms. The molecule has 6 nitrogen and oxygen atoms in total. The summed E-state index contributed by atoms with van der Waals surface area (Å²) in [6.07, 6.45) is 8.26. The molecule has 0 aliphatic rings. The van der Waals surface area contributed by atoms with Crippen LogP contribution in [-0.4, -0.2) is 28.3 Å². The van der Waals surface area contributed by atoms with Gasteiger partial charge in [-0.05, 0) is 31.4 Å². The van der Waals surface area contributed by atoms with Crippen LogP contribution < -0.4 is 14.2 Å². The summed E-state index contributed by atoms with van der Waals surface area (Å²) >= 11 is 0. The maximum atomic E-state index is 5.63. The van der Waals surface area contributed by atoms with Crippen LogP contribution in [0.1, 0.15) is 45.7 Å². The van der Waals surface area contributed by atoms with E-state index < -0.39 is 0 Å². The number of ether oxygens (including phenoxy) is 2. The van der Waals surface area contributed by atoms with Gasteiger partial charge in [0, 0.05) is 23.9 Å². The second kappa shape index (κ2) is 7.04. The fourth-order valence-electron chi connectivity index (χ4n) is 4.16. The first-order valence-corrected chi connectivity index (χ1v) is 10.3. The molecular formula is C24H31N4O2+. The number of fused-ring (bicyclic) bond motifs is 2. The van der Waals surface area contributed by atoms with Gasteiger partial charge in [0.25, 0.3) is 0 Å². The van der Waals surface area contributed by atoms with E-state index in [1.54, 1.807) is 14.2 Å². The van der Waals surface area contributed by atoms with E-state index in [-0.39, 0.29) is 10.8 Å². The first kappa shape index (κ1) is 20.3. The predicted molar refractivity (Wildman–Crippen MR) is 118 cm³/mol. The van der Waals surface area contributed by atoms with E-state index in [1.165, 1.54) is 5.56 Å². The Labute approximate surface area is 177 Å². The van der Waals surface area contributed by atoms with E-state index in [9.17, 15) is 0 Å². The van der Waals surface area contributed by atoms with E-state index in [0.29, 0.717) is 0 Å². The highest BCUT2D eigenvalue weighted by Gasteiger charge is 2.34. The first-order chi connectivity index (χ1) is 14.2. The number of aromatic nitrogens is 4. The molecule has 4 aromatic heterocycles. The first-order valence-electron chi connectivity index (χ1n) is 10.3. The lowest BCUT2D eigenvalue weighted by Gasteiger charge is -2.20. The average Bonchev–Trinajstić information content (AvgIpc) is 3.29. The molecule has 0 aromatic carbocycles. The van der Waals surface area contributed by atoms with Gasteiger partial charge in [-0.3, -0.25) is 0 Å². The van der Waals surface area contributed by atoms with Gasteiger partial charge in [0.05, 0.1) is 37.6 Å². The third-order valence-corrected chi connectivity index (χ3v) is 5.79. The standard InChI is InChI=1S/C24H31N4O2/c1-23(2,3)19-15-26(28-12-10-17(29-6)13-20(19)28)16-24(4,5)18-14-25-27-11-8-9-21(30-7)22(18)27/h8-15H,16H2,1-7H3/q+1. The number of methoxy groups -OCH3 is 2. The highest BCUT2D eigenvalue weighted by atomic mass is 16.5. The van der Waals surface area contributed by atoms with Crippen LogP contribution in [0.15, 0.2) is 49.1 Å². The van der Waals surface area contributed by atoms with E-state index in [2.05, 4.69) is 67.4 Å². The monoisotopic (exact) mass is 407 g/mol. The van der Waals surface area contributed by atoms with Crippen LogP contribution in [0.25, 0.3) is 11.0 Å². The van der Waals surface area contributed by atoms with E-state index in [0.717, 1.165) is 34.6 Å².